The van der Waals surface area contributed by atoms with Crippen LogP contribution < -0.4 is 0 Å². The van der Waals surface area contributed by atoms with E-state index in [4.69, 9.17) is 14.2 Å². The van der Waals surface area contributed by atoms with Crippen LogP contribution in [0.3, 0.4) is 0 Å². The van der Waals surface area contributed by atoms with E-state index in [2.05, 4.69) is 0 Å². The van der Waals surface area contributed by atoms with Crippen molar-refractivity contribution in [2.24, 2.45) is 11.8 Å². The molecule has 0 radical (unpaired) electrons. The van der Waals surface area contributed by atoms with Crippen LogP contribution in [0.2, 0.25) is 0 Å². The van der Waals surface area contributed by atoms with Gasteiger partial charge in [0.1, 0.15) is 24.7 Å². The molecule has 0 unspecified atom stereocenters. The molecule has 2 rings (SSSR count). The van der Waals surface area contributed by atoms with Gasteiger partial charge in [0.2, 0.25) is 0 Å². The number of hydrogen-bond acceptors (Lipinski definition) is 7. The molecule has 35 heavy (non-hydrogen) atoms. The van der Waals surface area contributed by atoms with Gasteiger partial charge in [0.25, 0.3) is 0 Å². The normalized spacial score (nSPS) is 12.1. The Balaban J connectivity index is 2.39. The van der Waals surface area contributed by atoms with Crippen LogP contribution in [0.15, 0.2) is 48.9 Å². The van der Waals surface area contributed by atoms with Crippen molar-refractivity contribution in [3.05, 3.63) is 71.2 Å². The maximum atomic E-state index is 12.0. The van der Waals surface area contributed by atoms with Gasteiger partial charge in [0.05, 0.1) is 24.4 Å². The van der Waals surface area contributed by atoms with Crippen molar-refractivity contribution >= 4 is 23.1 Å². The van der Waals surface area contributed by atoms with E-state index in [0.29, 0.717) is 22.3 Å². The fourth-order valence-electron chi connectivity index (χ4n) is 3.01. The highest BCUT2D eigenvalue weighted by molar-refractivity contribution is 5.77. The summed E-state index contributed by atoms with van der Waals surface area (Å²) in [7, 11) is 0. The van der Waals surface area contributed by atoms with E-state index in [-0.39, 0.29) is 48.5 Å². The van der Waals surface area contributed by atoms with Crippen molar-refractivity contribution in [1.82, 2.24) is 0 Å². The van der Waals surface area contributed by atoms with Gasteiger partial charge in [-0.25, -0.2) is 0 Å². The van der Waals surface area contributed by atoms with Crippen LogP contribution in [0.1, 0.15) is 49.9 Å². The van der Waals surface area contributed by atoms with Gasteiger partial charge in [0, 0.05) is 22.3 Å². The highest BCUT2D eigenvalue weighted by atomic mass is 16.5. The maximum Gasteiger partial charge on any atom is 0.308 e. The number of aromatic hydroxyl groups is 2. The standard InChI is InChI=1S/C28H34O7/c1-17(2)27(31)34-15-21(23-9-7-19(5)11-25(23)29)13-33-14-22(16-35-28(32)18(3)4)24-10-8-20(6)12-26(24)30/h7-14,17-18,29-30H,15-16H2,1-6H3/b21-13-,22-14+. The van der Waals surface area contributed by atoms with Crippen molar-refractivity contribution < 1.29 is 34.0 Å². The van der Waals surface area contributed by atoms with Gasteiger partial charge in [-0.3, -0.25) is 9.59 Å². The molecule has 2 aromatic rings. The lowest BCUT2D eigenvalue weighted by Gasteiger charge is -2.14. The Bertz CT molecular complexity index is 1020. The van der Waals surface area contributed by atoms with Gasteiger partial charge in [-0.15, -0.1) is 0 Å². The van der Waals surface area contributed by atoms with Crippen molar-refractivity contribution in [1.29, 1.82) is 0 Å². The molecular weight excluding hydrogens is 448 g/mol. The maximum absolute atomic E-state index is 12.0. The Labute approximate surface area is 206 Å². The summed E-state index contributed by atoms with van der Waals surface area (Å²) in [6, 6.07) is 10.3. The predicted molar refractivity (Wildman–Crippen MR) is 134 cm³/mol. The summed E-state index contributed by atoms with van der Waals surface area (Å²) >= 11 is 0. The highest BCUT2D eigenvalue weighted by Crippen LogP contribution is 2.29. The summed E-state index contributed by atoms with van der Waals surface area (Å²) in [6.45, 7) is 10.4. The van der Waals surface area contributed by atoms with Gasteiger partial charge in [-0.1, -0.05) is 52.0 Å². The van der Waals surface area contributed by atoms with E-state index >= 15 is 0 Å². The SMILES string of the molecule is Cc1ccc(/C(=C/O/C=C(/COC(=O)C(C)C)c2ccc(C)cc2O)COC(=O)C(C)C)c(O)c1. The average Bonchev–Trinajstić information content (AvgIpc) is 2.78. The number of ether oxygens (including phenoxy) is 3. The lowest BCUT2D eigenvalue weighted by molar-refractivity contribution is -0.146. The van der Waals surface area contributed by atoms with Gasteiger partial charge < -0.3 is 24.4 Å². The smallest absolute Gasteiger partial charge is 0.308 e. The largest absolute Gasteiger partial charge is 0.507 e. The number of phenols is 2. The second-order valence-electron chi connectivity index (χ2n) is 8.99. The molecule has 0 heterocycles. The van der Waals surface area contributed by atoms with Gasteiger partial charge in [-0.05, 0) is 37.1 Å². The zero-order chi connectivity index (χ0) is 26.1. The number of hydrogen-bond donors (Lipinski definition) is 2. The molecule has 0 fully saturated rings. The summed E-state index contributed by atoms with van der Waals surface area (Å²) in [5.74, 6) is -1.35. The van der Waals surface area contributed by atoms with E-state index in [0.717, 1.165) is 11.1 Å². The first-order valence-electron chi connectivity index (χ1n) is 11.5. The third-order valence-corrected chi connectivity index (χ3v) is 5.10. The number of carbonyl (C=O) groups excluding carboxylic acids is 2. The molecule has 0 amide bonds. The minimum absolute atomic E-state index is 0.0201. The summed E-state index contributed by atoms with van der Waals surface area (Å²) in [5, 5.41) is 20.9. The monoisotopic (exact) mass is 482 g/mol. The zero-order valence-corrected chi connectivity index (χ0v) is 21.1. The fourth-order valence-corrected chi connectivity index (χ4v) is 3.01. The van der Waals surface area contributed by atoms with E-state index < -0.39 is 0 Å². The Morgan fingerprint density at radius 3 is 1.43 bits per heavy atom. The molecule has 0 aliphatic carbocycles. The quantitative estimate of drug-likeness (QED) is 0.340. The van der Waals surface area contributed by atoms with Crippen molar-refractivity contribution in [3.8, 4) is 11.5 Å². The third kappa shape index (κ3) is 8.21. The molecule has 0 bridgehead atoms. The van der Waals surface area contributed by atoms with E-state index in [1.807, 2.05) is 26.0 Å². The second-order valence-corrected chi connectivity index (χ2v) is 8.99. The molecule has 2 N–H and O–H groups in total. The molecule has 0 aromatic heterocycles. The second kappa shape index (κ2) is 12.6. The third-order valence-electron chi connectivity index (χ3n) is 5.10. The Kier molecular flexibility index (Phi) is 9.94. The zero-order valence-electron chi connectivity index (χ0n) is 21.1. The molecule has 0 spiro atoms. The molecule has 2 aromatic carbocycles. The van der Waals surface area contributed by atoms with Crippen LogP contribution in [0.25, 0.3) is 11.1 Å². The number of carbonyl (C=O) groups is 2. The molecular formula is C28H34O7. The van der Waals surface area contributed by atoms with Gasteiger partial charge >= 0.3 is 11.9 Å². The van der Waals surface area contributed by atoms with Crippen LogP contribution in [-0.4, -0.2) is 35.4 Å². The molecule has 188 valence electrons. The topological polar surface area (TPSA) is 102 Å². The van der Waals surface area contributed by atoms with E-state index in [1.54, 1.807) is 52.0 Å². The molecule has 7 heteroatoms. The average molecular weight is 483 g/mol. The Morgan fingerprint density at radius 1 is 0.743 bits per heavy atom. The molecule has 0 saturated carbocycles. The van der Waals surface area contributed by atoms with E-state index in [1.165, 1.54) is 12.5 Å². The van der Waals surface area contributed by atoms with Crippen molar-refractivity contribution in [3.63, 3.8) is 0 Å². The summed E-state index contributed by atoms with van der Waals surface area (Å²) in [6.07, 6.45) is 2.71. The number of rotatable bonds is 10. The van der Waals surface area contributed by atoms with Crippen LogP contribution in [0.4, 0.5) is 0 Å². The number of esters is 2. The molecule has 0 aliphatic heterocycles. The van der Waals surface area contributed by atoms with Crippen LogP contribution in [0.5, 0.6) is 11.5 Å². The first-order chi connectivity index (χ1) is 16.5. The minimum atomic E-state index is -0.385. The van der Waals surface area contributed by atoms with Gasteiger partial charge in [0.15, 0.2) is 0 Å². The number of benzene rings is 2. The van der Waals surface area contributed by atoms with E-state index in [9.17, 15) is 19.8 Å². The van der Waals surface area contributed by atoms with Crippen molar-refractivity contribution in [2.45, 2.75) is 41.5 Å². The Hall–Kier alpha value is -3.74. The lowest BCUT2D eigenvalue weighted by atomic mass is 10.0. The highest BCUT2D eigenvalue weighted by Gasteiger charge is 2.16. The number of phenolic OH excluding ortho intramolecular Hbond substituents is 2. The molecule has 7 nitrogen and oxygen atoms in total. The lowest BCUT2D eigenvalue weighted by Crippen LogP contribution is -2.13. The predicted octanol–water partition coefficient (Wildman–Crippen LogP) is 5.51. The van der Waals surface area contributed by atoms with Gasteiger partial charge in [-0.2, -0.15) is 0 Å². The fraction of sp³-hybridized carbons (Fsp3) is 0.357. The molecule has 0 aliphatic rings. The summed E-state index contributed by atoms with van der Waals surface area (Å²) in [5.41, 5.74) is 3.50. The van der Waals surface area contributed by atoms with Crippen molar-refractivity contribution in [2.75, 3.05) is 13.2 Å². The van der Waals surface area contributed by atoms with Crippen LogP contribution in [0, 0.1) is 25.7 Å². The van der Waals surface area contributed by atoms with Crippen LogP contribution >= 0.6 is 0 Å². The van der Waals surface area contributed by atoms with Crippen LogP contribution in [-0.2, 0) is 23.8 Å². The minimum Gasteiger partial charge on any atom is -0.507 e. The summed E-state index contributed by atoms with van der Waals surface area (Å²) in [4.78, 5) is 24.0. The Morgan fingerprint density at radius 2 is 1.11 bits per heavy atom. The first-order valence-corrected chi connectivity index (χ1v) is 11.5. The number of aryl methyl sites for hydroxylation is 2. The first kappa shape index (κ1) is 27.5. The molecule has 0 saturated heterocycles. The summed E-state index contributed by atoms with van der Waals surface area (Å²) < 4.78 is 16.4. The molecule has 0 atom stereocenters.